The molecule has 3 N–H and O–H groups in total. The molecule has 0 spiro atoms. The summed E-state index contributed by atoms with van der Waals surface area (Å²) >= 11 is 0. The molecule has 140 valence electrons. The maximum absolute atomic E-state index is 13.1. The molecule has 2 aliphatic heterocycles. The summed E-state index contributed by atoms with van der Waals surface area (Å²) in [6.45, 7) is 5.00. The van der Waals surface area contributed by atoms with Gasteiger partial charge in [-0.15, -0.1) is 0 Å². The molecule has 2 heterocycles. The zero-order chi connectivity index (χ0) is 18.0. The molecule has 2 aliphatic rings. The van der Waals surface area contributed by atoms with Gasteiger partial charge in [0.2, 0.25) is 0 Å². The second-order valence-electron chi connectivity index (χ2n) is 6.80. The molecule has 2 saturated heterocycles. The van der Waals surface area contributed by atoms with Gasteiger partial charge >= 0.3 is 0 Å². The fourth-order valence-corrected chi connectivity index (χ4v) is 3.39. The average molecular weight is 355 g/mol. The predicted molar refractivity (Wildman–Crippen MR) is 88.9 cm³/mol. The molecule has 0 aromatic heterocycles. The Morgan fingerprint density at radius 3 is 2.52 bits per heavy atom. The molecule has 0 aliphatic carbocycles. The summed E-state index contributed by atoms with van der Waals surface area (Å²) in [5, 5.41) is 30.1. The molecular weight excluding hydrogens is 329 g/mol. The average Bonchev–Trinajstić information content (AvgIpc) is 2.63. The lowest BCUT2D eigenvalue weighted by atomic mass is 9.90. The molecule has 5 atom stereocenters. The number of benzene rings is 1. The summed E-state index contributed by atoms with van der Waals surface area (Å²) in [4.78, 5) is 2.29. The van der Waals surface area contributed by atoms with Crippen LogP contribution < -0.4 is 0 Å². The highest BCUT2D eigenvalue weighted by Gasteiger charge is 2.44. The van der Waals surface area contributed by atoms with E-state index in [0.29, 0.717) is 18.8 Å². The number of rotatable bonds is 4. The SMILES string of the molecule is Cc1ccc([C@@H]2O[C@H](CF)[C@@H](O)[C@H](O)[C@H]2O)cc1CN1CCOCC1. The summed E-state index contributed by atoms with van der Waals surface area (Å²) in [5.41, 5.74) is 2.88. The van der Waals surface area contributed by atoms with Crippen molar-refractivity contribution in [2.75, 3.05) is 33.0 Å². The third-order valence-electron chi connectivity index (χ3n) is 5.06. The highest BCUT2D eigenvalue weighted by atomic mass is 19.1. The van der Waals surface area contributed by atoms with Crippen molar-refractivity contribution in [3.8, 4) is 0 Å². The van der Waals surface area contributed by atoms with E-state index >= 15 is 0 Å². The van der Waals surface area contributed by atoms with Gasteiger partial charge in [0.05, 0.1) is 13.2 Å². The molecular formula is C18H26FNO5. The lowest BCUT2D eigenvalue weighted by Crippen LogP contribution is -2.54. The number of aryl methyl sites for hydroxylation is 1. The summed E-state index contributed by atoms with van der Waals surface area (Å²) in [6, 6.07) is 5.67. The second-order valence-corrected chi connectivity index (χ2v) is 6.80. The second kappa shape index (κ2) is 8.07. The van der Waals surface area contributed by atoms with Crippen molar-refractivity contribution in [3.05, 3.63) is 34.9 Å². The van der Waals surface area contributed by atoms with E-state index in [-0.39, 0.29) is 0 Å². The van der Waals surface area contributed by atoms with Gasteiger partial charge in [-0.3, -0.25) is 4.90 Å². The number of morpholine rings is 1. The molecule has 6 nitrogen and oxygen atoms in total. The van der Waals surface area contributed by atoms with Crippen molar-refractivity contribution in [2.45, 2.75) is 44.0 Å². The summed E-state index contributed by atoms with van der Waals surface area (Å²) in [5.74, 6) is 0. The van der Waals surface area contributed by atoms with Crippen LogP contribution in [0.15, 0.2) is 18.2 Å². The van der Waals surface area contributed by atoms with Crippen LogP contribution in [0.5, 0.6) is 0 Å². The smallest absolute Gasteiger partial charge is 0.118 e. The van der Waals surface area contributed by atoms with E-state index < -0.39 is 37.2 Å². The van der Waals surface area contributed by atoms with Gasteiger partial charge in [0.25, 0.3) is 0 Å². The fraction of sp³-hybridized carbons (Fsp3) is 0.667. The van der Waals surface area contributed by atoms with Crippen LogP contribution in [-0.4, -0.2) is 77.6 Å². The Balaban J connectivity index is 1.80. The summed E-state index contributed by atoms with van der Waals surface area (Å²) < 4.78 is 24.0. The third-order valence-corrected chi connectivity index (χ3v) is 5.06. The molecule has 25 heavy (non-hydrogen) atoms. The minimum Gasteiger partial charge on any atom is -0.387 e. The Bertz CT molecular complexity index is 579. The van der Waals surface area contributed by atoms with Gasteiger partial charge in [-0.05, 0) is 23.6 Å². The normalized spacial score (nSPS) is 34.2. The first-order valence-corrected chi connectivity index (χ1v) is 8.66. The van der Waals surface area contributed by atoms with E-state index in [2.05, 4.69) is 4.90 Å². The molecule has 0 radical (unpaired) electrons. The number of nitrogens with zero attached hydrogens (tertiary/aromatic N) is 1. The van der Waals surface area contributed by atoms with Crippen LogP contribution in [0.1, 0.15) is 22.8 Å². The van der Waals surface area contributed by atoms with Crippen molar-refractivity contribution >= 4 is 0 Å². The number of ether oxygens (including phenoxy) is 2. The van der Waals surface area contributed by atoms with Gasteiger partial charge < -0.3 is 24.8 Å². The van der Waals surface area contributed by atoms with E-state index in [1.165, 1.54) is 0 Å². The number of hydrogen-bond acceptors (Lipinski definition) is 6. The molecule has 1 aromatic carbocycles. The standard InChI is InChI=1S/C18H26FNO5/c1-11-2-3-12(8-13(11)10-20-4-6-24-7-5-20)18-17(23)16(22)15(21)14(9-19)25-18/h2-3,8,14-18,21-23H,4-7,9-10H2,1H3/t14-,15-,16+,17-,18+/m1/s1. The van der Waals surface area contributed by atoms with Gasteiger partial charge in [0.15, 0.2) is 0 Å². The van der Waals surface area contributed by atoms with Gasteiger partial charge in [0, 0.05) is 19.6 Å². The number of halogens is 1. The Kier molecular flexibility index (Phi) is 6.04. The van der Waals surface area contributed by atoms with Crippen LogP contribution >= 0.6 is 0 Å². The molecule has 3 rings (SSSR count). The highest BCUT2D eigenvalue weighted by molar-refractivity contribution is 5.33. The van der Waals surface area contributed by atoms with E-state index in [0.717, 1.165) is 30.8 Å². The quantitative estimate of drug-likeness (QED) is 0.722. The molecule has 0 amide bonds. The lowest BCUT2D eigenvalue weighted by molar-refractivity contribution is -0.227. The van der Waals surface area contributed by atoms with Crippen LogP contribution in [0.25, 0.3) is 0 Å². The molecule has 7 heteroatoms. The Hall–Kier alpha value is -1.09. The monoisotopic (exact) mass is 355 g/mol. The van der Waals surface area contributed by atoms with Gasteiger partial charge in [-0.1, -0.05) is 18.2 Å². The molecule has 0 unspecified atom stereocenters. The zero-order valence-corrected chi connectivity index (χ0v) is 14.3. The topological polar surface area (TPSA) is 82.4 Å². The predicted octanol–water partition coefficient (Wildman–Crippen LogP) is 0.319. The van der Waals surface area contributed by atoms with Crippen LogP contribution in [-0.2, 0) is 16.0 Å². The van der Waals surface area contributed by atoms with E-state index in [1.54, 1.807) is 0 Å². The number of alkyl halides is 1. The number of aliphatic hydroxyl groups excluding tert-OH is 3. The number of hydrogen-bond donors (Lipinski definition) is 3. The van der Waals surface area contributed by atoms with Gasteiger partial charge in [-0.25, -0.2) is 4.39 Å². The summed E-state index contributed by atoms with van der Waals surface area (Å²) in [6.07, 6.45) is -6.20. The van der Waals surface area contributed by atoms with E-state index in [1.807, 2.05) is 25.1 Å². The third kappa shape index (κ3) is 4.02. The Morgan fingerprint density at radius 2 is 1.84 bits per heavy atom. The van der Waals surface area contributed by atoms with Crippen LogP contribution in [0, 0.1) is 6.92 Å². The first-order valence-electron chi connectivity index (χ1n) is 8.66. The number of aliphatic hydroxyl groups is 3. The van der Waals surface area contributed by atoms with E-state index in [9.17, 15) is 19.7 Å². The maximum atomic E-state index is 13.1. The molecule has 1 aromatic rings. The van der Waals surface area contributed by atoms with Crippen LogP contribution in [0.2, 0.25) is 0 Å². The first kappa shape index (κ1) is 18.7. The minimum atomic E-state index is -1.44. The van der Waals surface area contributed by atoms with Crippen molar-refractivity contribution < 1.29 is 29.2 Å². The maximum Gasteiger partial charge on any atom is 0.118 e. The van der Waals surface area contributed by atoms with Crippen LogP contribution in [0.4, 0.5) is 4.39 Å². The summed E-state index contributed by atoms with van der Waals surface area (Å²) in [7, 11) is 0. The van der Waals surface area contributed by atoms with Gasteiger partial charge in [0.1, 0.15) is 37.2 Å². The molecule has 0 saturated carbocycles. The zero-order valence-electron chi connectivity index (χ0n) is 14.3. The first-order chi connectivity index (χ1) is 12.0. The minimum absolute atomic E-state index is 0.672. The van der Waals surface area contributed by atoms with Gasteiger partial charge in [-0.2, -0.15) is 0 Å². The highest BCUT2D eigenvalue weighted by Crippen LogP contribution is 2.33. The Labute approximate surface area is 146 Å². The van der Waals surface area contributed by atoms with Crippen molar-refractivity contribution in [1.29, 1.82) is 0 Å². The molecule has 0 bridgehead atoms. The van der Waals surface area contributed by atoms with E-state index in [4.69, 9.17) is 9.47 Å². The largest absolute Gasteiger partial charge is 0.387 e. The lowest BCUT2D eigenvalue weighted by Gasteiger charge is -2.40. The van der Waals surface area contributed by atoms with Crippen LogP contribution in [0.3, 0.4) is 0 Å². The fourth-order valence-electron chi connectivity index (χ4n) is 3.39. The van der Waals surface area contributed by atoms with Crippen molar-refractivity contribution in [3.63, 3.8) is 0 Å². The Morgan fingerprint density at radius 1 is 1.12 bits per heavy atom. The van der Waals surface area contributed by atoms with Crippen molar-refractivity contribution in [1.82, 2.24) is 4.90 Å². The molecule has 2 fully saturated rings. The van der Waals surface area contributed by atoms with Crippen molar-refractivity contribution in [2.24, 2.45) is 0 Å².